The largest absolute Gasteiger partial charge is 0.391 e. The van der Waals surface area contributed by atoms with Crippen molar-refractivity contribution >= 4 is 17.5 Å². The molecule has 0 spiro atoms. The number of ether oxygens (including phenoxy) is 1. The van der Waals surface area contributed by atoms with Gasteiger partial charge in [0.2, 0.25) is 0 Å². The van der Waals surface area contributed by atoms with Gasteiger partial charge in [0.1, 0.15) is 24.6 Å². The lowest BCUT2D eigenvalue weighted by Crippen LogP contribution is -2.54. The Kier molecular flexibility index (Phi) is 4.26. The number of halogens is 1. The summed E-state index contributed by atoms with van der Waals surface area (Å²) >= 11 is 0. The van der Waals surface area contributed by atoms with Gasteiger partial charge in [-0.05, 0) is 6.92 Å². The highest BCUT2D eigenvalue weighted by atomic mass is 19.1. The predicted octanol–water partition coefficient (Wildman–Crippen LogP) is -1.29. The van der Waals surface area contributed by atoms with E-state index in [-0.39, 0.29) is 5.96 Å². The standard InChI is InChI=1S/C15H19FN6O3/c1-7-9-12(21-14(17)20-7)22(6-19-9)13-15(18,4-3-5-16)11(24)10(25-13)8(2)23/h6,8,10-11,13,23-24H,1,5,18H2,2H3,(H3,17,20,21)/t8-,10?,11?,13-,15-/m1/s1. The van der Waals surface area contributed by atoms with Crippen LogP contribution < -0.4 is 16.8 Å². The van der Waals surface area contributed by atoms with Gasteiger partial charge in [0, 0.05) is 0 Å². The fraction of sp³-hybridized carbons (Fsp3) is 0.467. The van der Waals surface area contributed by atoms with Crippen molar-refractivity contribution in [1.82, 2.24) is 14.9 Å². The molecule has 1 aromatic heterocycles. The van der Waals surface area contributed by atoms with Gasteiger partial charge in [-0.1, -0.05) is 18.4 Å². The molecular weight excluding hydrogens is 331 g/mol. The first-order valence-electron chi connectivity index (χ1n) is 7.53. The summed E-state index contributed by atoms with van der Waals surface area (Å²) in [4.78, 5) is 8.36. The Morgan fingerprint density at radius 1 is 1.64 bits per heavy atom. The number of alkyl halides is 1. The molecule has 0 radical (unpaired) electrons. The van der Waals surface area contributed by atoms with Gasteiger partial charge < -0.3 is 31.7 Å². The van der Waals surface area contributed by atoms with Gasteiger partial charge in [-0.3, -0.25) is 4.57 Å². The fourth-order valence-corrected chi connectivity index (χ4v) is 2.95. The number of rotatable bonds is 2. The molecule has 0 bridgehead atoms. The van der Waals surface area contributed by atoms with Crippen LogP contribution in [-0.2, 0) is 4.74 Å². The zero-order valence-corrected chi connectivity index (χ0v) is 13.5. The van der Waals surface area contributed by atoms with Crippen LogP contribution in [0.15, 0.2) is 17.9 Å². The van der Waals surface area contributed by atoms with Crippen LogP contribution in [0.2, 0.25) is 0 Å². The Balaban J connectivity index is 2.11. The highest BCUT2D eigenvalue weighted by Crippen LogP contribution is 2.41. The van der Waals surface area contributed by atoms with E-state index in [0.29, 0.717) is 17.2 Å². The van der Waals surface area contributed by atoms with Gasteiger partial charge in [0.25, 0.3) is 0 Å². The third kappa shape index (κ3) is 2.67. The van der Waals surface area contributed by atoms with E-state index in [4.69, 9.17) is 16.2 Å². The van der Waals surface area contributed by atoms with E-state index in [1.165, 1.54) is 17.8 Å². The molecule has 0 aromatic carbocycles. The van der Waals surface area contributed by atoms with Crippen molar-refractivity contribution in [2.24, 2.45) is 16.5 Å². The lowest BCUT2D eigenvalue weighted by molar-refractivity contribution is -0.0761. The SMILES string of the molecule is C=C1NC(N)=Nc2c1ncn2[C@@H]1OC([C@@H](C)O)C(O)[C@]1(N)C#CCF. The van der Waals surface area contributed by atoms with E-state index in [1.807, 2.05) is 0 Å². The first-order chi connectivity index (χ1) is 11.8. The van der Waals surface area contributed by atoms with Crippen molar-refractivity contribution < 1.29 is 19.3 Å². The normalized spacial score (nSPS) is 32.3. The summed E-state index contributed by atoms with van der Waals surface area (Å²) in [5.41, 5.74) is 11.2. The Hall–Kier alpha value is -2.45. The molecule has 2 aliphatic rings. The van der Waals surface area contributed by atoms with Gasteiger partial charge in [-0.25, -0.2) is 9.37 Å². The van der Waals surface area contributed by atoms with Crippen LogP contribution in [0.5, 0.6) is 0 Å². The molecule has 2 aliphatic heterocycles. The molecule has 7 N–H and O–H groups in total. The smallest absolute Gasteiger partial charge is 0.199 e. The number of aromatic nitrogens is 2. The van der Waals surface area contributed by atoms with E-state index in [9.17, 15) is 14.6 Å². The first-order valence-corrected chi connectivity index (χ1v) is 7.53. The Morgan fingerprint density at radius 3 is 3.00 bits per heavy atom. The van der Waals surface area contributed by atoms with Gasteiger partial charge in [-0.2, -0.15) is 4.99 Å². The predicted molar refractivity (Wildman–Crippen MR) is 87.9 cm³/mol. The summed E-state index contributed by atoms with van der Waals surface area (Å²) in [5.74, 6) is 5.14. The minimum absolute atomic E-state index is 0.0994. The van der Waals surface area contributed by atoms with Crippen LogP contribution >= 0.6 is 0 Å². The summed E-state index contributed by atoms with van der Waals surface area (Å²) in [7, 11) is 0. The summed E-state index contributed by atoms with van der Waals surface area (Å²) in [6.45, 7) is 4.31. The molecule has 25 heavy (non-hydrogen) atoms. The van der Waals surface area contributed by atoms with E-state index in [0.717, 1.165) is 0 Å². The number of aliphatic hydroxyl groups excluding tert-OH is 2. The minimum atomic E-state index is -1.68. The third-order valence-electron chi connectivity index (χ3n) is 4.15. The summed E-state index contributed by atoms with van der Waals surface area (Å²) in [5, 5.41) is 23.1. The van der Waals surface area contributed by atoms with E-state index in [1.54, 1.807) is 0 Å². The second-order valence-corrected chi connectivity index (χ2v) is 5.93. The van der Waals surface area contributed by atoms with Gasteiger partial charge in [0.05, 0.1) is 18.1 Å². The zero-order valence-electron chi connectivity index (χ0n) is 13.5. The van der Waals surface area contributed by atoms with E-state index in [2.05, 4.69) is 33.7 Å². The van der Waals surface area contributed by atoms with Crippen molar-refractivity contribution in [3.63, 3.8) is 0 Å². The molecule has 10 heteroatoms. The van der Waals surface area contributed by atoms with Crippen molar-refractivity contribution in [2.75, 3.05) is 6.67 Å². The molecule has 9 nitrogen and oxygen atoms in total. The zero-order chi connectivity index (χ0) is 18.4. The number of guanidine groups is 1. The number of nitrogens with two attached hydrogens (primary N) is 2. The highest BCUT2D eigenvalue weighted by molar-refractivity contribution is 5.93. The molecule has 1 aromatic rings. The number of aliphatic hydroxyl groups is 2. The molecule has 2 unspecified atom stereocenters. The maximum absolute atomic E-state index is 12.6. The molecule has 0 amide bonds. The first kappa shape index (κ1) is 17.4. The van der Waals surface area contributed by atoms with Crippen LogP contribution in [0.25, 0.3) is 5.70 Å². The lowest BCUT2D eigenvalue weighted by atomic mass is 9.90. The average Bonchev–Trinajstić information content (AvgIpc) is 3.06. The van der Waals surface area contributed by atoms with Crippen LogP contribution in [0.3, 0.4) is 0 Å². The summed E-state index contributed by atoms with van der Waals surface area (Å²) < 4.78 is 19.7. The van der Waals surface area contributed by atoms with Crippen molar-refractivity contribution in [3.05, 3.63) is 18.6 Å². The van der Waals surface area contributed by atoms with Crippen LogP contribution in [0, 0.1) is 11.8 Å². The van der Waals surface area contributed by atoms with Crippen LogP contribution in [0.4, 0.5) is 10.2 Å². The van der Waals surface area contributed by atoms with E-state index >= 15 is 0 Å². The molecule has 3 heterocycles. The number of aliphatic imine (C=N–C) groups is 1. The molecule has 1 saturated heterocycles. The van der Waals surface area contributed by atoms with Gasteiger partial charge in [-0.15, -0.1) is 0 Å². The van der Waals surface area contributed by atoms with Crippen molar-refractivity contribution in [3.8, 4) is 11.8 Å². The number of hydrogen-bond acceptors (Lipinski definition) is 8. The maximum Gasteiger partial charge on any atom is 0.199 e. The van der Waals surface area contributed by atoms with E-state index < -0.39 is 36.8 Å². The van der Waals surface area contributed by atoms with Crippen LogP contribution in [0.1, 0.15) is 18.8 Å². The second-order valence-electron chi connectivity index (χ2n) is 5.93. The Bertz CT molecular complexity index is 795. The molecule has 0 saturated carbocycles. The monoisotopic (exact) mass is 350 g/mol. The molecule has 134 valence electrons. The number of hydrogen-bond donors (Lipinski definition) is 5. The average molecular weight is 350 g/mol. The molecule has 0 aliphatic carbocycles. The Labute approximate surface area is 143 Å². The minimum Gasteiger partial charge on any atom is -0.391 e. The summed E-state index contributed by atoms with van der Waals surface area (Å²) in [6, 6.07) is 0. The number of imidazole rings is 1. The topological polar surface area (TPSA) is 144 Å². The van der Waals surface area contributed by atoms with Gasteiger partial charge >= 0.3 is 0 Å². The molecule has 3 rings (SSSR count). The van der Waals surface area contributed by atoms with Crippen molar-refractivity contribution in [2.45, 2.75) is 37.0 Å². The van der Waals surface area contributed by atoms with Crippen LogP contribution in [-0.4, -0.2) is 56.2 Å². The lowest BCUT2D eigenvalue weighted by Gasteiger charge is -2.28. The number of fused-ring (bicyclic) bond motifs is 1. The summed E-state index contributed by atoms with van der Waals surface area (Å²) in [6.07, 6.45) is -3.09. The highest BCUT2D eigenvalue weighted by Gasteiger charge is 2.56. The quantitative estimate of drug-likeness (QED) is 0.418. The number of nitrogens with zero attached hydrogens (tertiary/aromatic N) is 3. The maximum atomic E-state index is 12.6. The molecule has 1 fully saturated rings. The fourth-order valence-electron chi connectivity index (χ4n) is 2.95. The Morgan fingerprint density at radius 2 is 2.36 bits per heavy atom. The third-order valence-corrected chi connectivity index (χ3v) is 4.15. The molecular formula is C15H19FN6O3. The second kappa shape index (κ2) is 6.12. The molecule has 5 atom stereocenters. The van der Waals surface area contributed by atoms with Gasteiger partial charge in [0.15, 0.2) is 23.5 Å². The van der Waals surface area contributed by atoms with Crippen molar-refractivity contribution in [1.29, 1.82) is 0 Å². The number of nitrogens with one attached hydrogen (secondary N) is 1.